The number of H-pyrrole nitrogens is 1. The van der Waals surface area contributed by atoms with Crippen LogP contribution in [-0.2, 0) is 10.8 Å². The van der Waals surface area contributed by atoms with Crippen molar-refractivity contribution in [3.8, 4) is 5.75 Å². The van der Waals surface area contributed by atoms with E-state index >= 15 is 0 Å². The molecule has 0 aliphatic heterocycles. The summed E-state index contributed by atoms with van der Waals surface area (Å²) in [5, 5.41) is 12.7. The Morgan fingerprint density at radius 1 is 0.923 bits per heavy atom. The number of ketones is 1. The molecule has 0 aliphatic rings. The van der Waals surface area contributed by atoms with Gasteiger partial charge in [-0.05, 0) is 41.5 Å². The summed E-state index contributed by atoms with van der Waals surface area (Å²) in [4.78, 5) is 16.6. The van der Waals surface area contributed by atoms with Crippen molar-refractivity contribution < 1.29 is 9.90 Å². The Morgan fingerprint density at radius 2 is 1.42 bits per heavy atom. The summed E-state index contributed by atoms with van der Waals surface area (Å²) < 4.78 is 0. The summed E-state index contributed by atoms with van der Waals surface area (Å²) >= 11 is 3.13. The van der Waals surface area contributed by atoms with Gasteiger partial charge in [0.2, 0.25) is 0 Å². The number of hydrogen-bond acceptors (Lipinski definition) is 4. The second-order valence-electron chi connectivity index (χ2n) is 8.53. The lowest BCUT2D eigenvalue weighted by Gasteiger charge is -2.28. The second-order valence-corrected chi connectivity index (χ2v) is 10.2. The van der Waals surface area contributed by atoms with E-state index in [4.69, 9.17) is 0 Å². The minimum Gasteiger partial charge on any atom is -0.507 e. The van der Waals surface area contributed by atoms with Crippen LogP contribution in [0.1, 0.15) is 68.6 Å². The van der Waals surface area contributed by atoms with Crippen LogP contribution in [0, 0.1) is 0 Å². The lowest BCUT2D eigenvalue weighted by molar-refractivity contribution is 0.103. The van der Waals surface area contributed by atoms with Crippen LogP contribution >= 0.6 is 23.5 Å². The molecule has 0 unspecified atom stereocenters. The van der Waals surface area contributed by atoms with Crippen molar-refractivity contribution in [3.63, 3.8) is 0 Å². The number of aromatic hydroxyl groups is 1. The molecule has 0 amide bonds. The van der Waals surface area contributed by atoms with Gasteiger partial charge < -0.3 is 10.1 Å². The average molecular weight is 392 g/mol. The largest absolute Gasteiger partial charge is 0.507 e. The topological polar surface area (TPSA) is 53.1 Å². The van der Waals surface area contributed by atoms with Crippen molar-refractivity contribution in [2.45, 2.75) is 62.4 Å². The van der Waals surface area contributed by atoms with Crippen LogP contribution in [0.25, 0.3) is 0 Å². The highest BCUT2D eigenvalue weighted by molar-refractivity contribution is 7.99. The Morgan fingerprint density at radius 3 is 1.81 bits per heavy atom. The van der Waals surface area contributed by atoms with Gasteiger partial charge in [-0.15, -0.1) is 23.5 Å². The van der Waals surface area contributed by atoms with Gasteiger partial charge in [0.15, 0.2) is 5.78 Å². The molecule has 2 rings (SSSR count). The minimum atomic E-state index is -0.259. The van der Waals surface area contributed by atoms with Crippen LogP contribution in [0.3, 0.4) is 0 Å². The molecule has 5 heteroatoms. The zero-order valence-corrected chi connectivity index (χ0v) is 18.5. The van der Waals surface area contributed by atoms with Crippen LogP contribution in [-0.4, -0.2) is 28.4 Å². The third-order valence-corrected chi connectivity index (χ3v) is 5.80. The molecular weight excluding hydrogens is 362 g/mol. The van der Waals surface area contributed by atoms with Crippen LogP contribution in [0.2, 0.25) is 0 Å². The predicted octanol–water partition coefficient (Wildman–Crippen LogP) is 5.99. The summed E-state index contributed by atoms with van der Waals surface area (Å²) in [7, 11) is 0. The van der Waals surface area contributed by atoms with E-state index in [0.29, 0.717) is 16.9 Å². The Balaban J connectivity index is 2.70. The number of carbonyl (C=O) groups excluding carboxylic acids is 1. The first-order valence-corrected chi connectivity index (χ1v) is 11.1. The molecule has 0 radical (unpaired) electrons. The Labute approximate surface area is 165 Å². The quantitative estimate of drug-likeness (QED) is 0.496. The van der Waals surface area contributed by atoms with Crippen LogP contribution in [0.4, 0.5) is 0 Å². The molecule has 0 saturated heterocycles. The normalized spacial score (nSPS) is 12.5. The third kappa shape index (κ3) is 4.15. The van der Waals surface area contributed by atoms with Crippen molar-refractivity contribution in [1.82, 2.24) is 4.98 Å². The molecule has 2 aromatic rings. The number of thioether (sulfide) groups is 2. The highest BCUT2D eigenvalue weighted by atomic mass is 32.2. The smallest absolute Gasteiger partial charge is 0.195 e. The molecule has 0 fully saturated rings. The number of phenolic OH excluding ortho intramolecular Hbond substituents is 1. The number of nitrogens with one attached hydrogen (secondary N) is 1. The summed E-state index contributed by atoms with van der Waals surface area (Å²) in [6.07, 6.45) is 3.95. The summed E-state index contributed by atoms with van der Waals surface area (Å²) in [6.45, 7) is 12.3. The molecular formula is C21H29NO2S2. The summed E-state index contributed by atoms with van der Waals surface area (Å²) in [5.74, 6) is 0.285. The number of aromatic nitrogens is 1. The highest BCUT2D eigenvalue weighted by Gasteiger charge is 2.28. The first-order chi connectivity index (χ1) is 11.9. The SMILES string of the molecule is CSc1cc(C(=O)c2cc(C(C)(C)C)c(O)c(C(C)(C)C)c2)c(SC)[nH]1. The second kappa shape index (κ2) is 7.35. The molecule has 0 spiro atoms. The molecule has 1 aromatic carbocycles. The summed E-state index contributed by atoms with van der Waals surface area (Å²) in [6, 6.07) is 5.62. The van der Waals surface area contributed by atoms with E-state index in [1.807, 2.05) is 30.7 Å². The highest BCUT2D eigenvalue weighted by Crippen LogP contribution is 2.40. The van der Waals surface area contributed by atoms with E-state index in [0.717, 1.165) is 21.2 Å². The molecule has 142 valence electrons. The third-order valence-electron chi connectivity index (χ3n) is 4.41. The van der Waals surface area contributed by atoms with Crippen LogP contribution in [0.15, 0.2) is 28.3 Å². The monoisotopic (exact) mass is 391 g/mol. The van der Waals surface area contributed by atoms with Gasteiger partial charge in [-0.3, -0.25) is 4.79 Å². The standard InChI is InChI=1S/C21H29NO2S2/c1-20(2,3)14-9-12(10-15(18(14)24)21(4,5)6)17(23)13-11-16(25-7)22-19(13)26-8/h9-11,22,24H,1-8H3. The molecule has 3 nitrogen and oxygen atoms in total. The number of rotatable bonds is 4. The van der Waals surface area contributed by atoms with Gasteiger partial charge in [-0.25, -0.2) is 0 Å². The average Bonchev–Trinajstić information content (AvgIpc) is 2.95. The zero-order valence-electron chi connectivity index (χ0n) is 16.9. The fourth-order valence-electron chi connectivity index (χ4n) is 2.92. The zero-order chi connectivity index (χ0) is 19.9. The maximum absolute atomic E-state index is 13.3. The summed E-state index contributed by atoms with van der Waals surface area (Å²) in [5.41, 5.74) is 2.40. The number of carbonyl (C=O) groups is 1. The molecule has 0 saturated carbocycles. The van der Waals surface area contributed by atoms with Gasteiger partial charge in [-0.2, -0.15) is 0 Å². The van der Waals surface area contributed by atoms with Crippen molar-refractivity contribution in [2.24, 2.45) is 0 Å². The van der Waals surface area contributed by atoms with Crippen molar-refractivity contribution in [1.29, 1.82) is 0 Å². The van der Waals surface area contributed by atoms with E-state index in [2.05, 4.69) is 46.5 Å². The molecule has 26 heavy (non-hydrogen) atoms. The lowest BCUT2D eigenvalue weighted by atomic mass is 9.78. The molecule has 2 N–H and O–H groups in total. The number of phenols is 1. The van der Waals surface area contributed by atoms with E-state index in [9.17, 15) is 9.90 Å². The van der Waals surface area contributed by atoms with E-state index in [1.165, 1.54) is 11.8 Å². The van der Waals surface area contributed by atoms with Crippen molar-refractivity contribution >= 4 is 29.3 Å². The molecule has 0 atom stereocenters. The van der Waals surface area contributed by atoms with Crippen molar-refractivity contribution in [2.75, 3.05) is 12.5 Å². The van der Waals surface area contributed by atoms with E-state index < -0.39 is 0 Å². The van der Waals surface area contributed by atoms with Crippen LogP contribution < -0.4 is 0 Å². The Hall–Kier alpha value is -1.33. The lowest BCUT2D eigenvalue weighted by Crippen LogP contribution is -2.19. The first kappa shape index (κ1) is 21.0. The van der Waals surface area contributed by atoms with E-state index in [-0.39, 0.29) is 16.6 Å². The number of hydrogen-bond donors (Lipinski definition) is 2. The maximum Gasteiger partial charge on any atom is 0.195 e. The maximum atomic E-state index is 13.3. The molecule has 1 heterocycles. The van der Waals surface area contributed by atoms with Gasteiger partial charge in [0, 0.05) is 16.7 Å². The van der Waals surface area contributed by atoms with E-state index in [1.54, 1.807) is 11.8 Å². The predicted molar refractivity (Wildman–Crippen MR) is 113 cm³/mol. The fourth-order valence-corrected chi connectivity index (χ4v) is 4.00. The Kier molecular flexibility index (Phi) is 5.93. The number of aromatic amines is 1. The first-order valence-electron chi connectivity index (χ1n) is 8.63. The van der Waals surface area contributed by atoms with Gasteiger partial charge in [0.1, 0.15) is 5.75 Å². The Bertz CT molecular complexity index is 789. The van der Waals surface area contributed by atoms with Crippen molar-refractivity contribution in [3.05, 3.63) is 40.5 Å². The van der Waals surface area contributed by atoms with Gasteiger partial charge in [0.05, 0.1) is 15.6 Å². The van der Waals surface area contributed by atoms with Crippen LogP contribution in [0.5, 0.6) is 5.75 Å². The molecule has 1 aromatic heterocycles. The fraction of sp³-hybridized carbons (Fsp3) is 0.476. The van der Waals surface area contributed by atoms with Gasteiger partial charge >= 0.3 is 0 Å². The molecule has 0 aliphatic carbocycles. The number of benzene rings is 1. The molecule has 0 bridgehead atoms. The minimum absolute atomic E-state index is 0.0121. The van der Waals surface area contributed by atoms with Gasteiger partial charge in [0.25, 0.3) is 0 Å². The van der Waals surface area contributed by atoms with Gasteiger partial charge in [-0.1, -0.05) is 41.5 Å².